The van der Waals surface area contributed by atoms with Gasteiger partial charge in [0.05, 0.1) is 23.5 Å². The van der Waals surface area contributed by atoms with Gasteiger partial charge < -0.3 is 14.2 Å². The summed E-state index contributed by atoms with van der Waals surface area (Å²) >= 11 is 0. The van der Waals surface area contributed by atoms with Crippen LogP contribution in [0.3, 0.4) is 0 Å². The van der Waals surface area contributed by atoms with Crippen molar-refractivity contribution in [3.63, 3.8) is 0 Å². The summed E-state index contributed by atoms with van der Waals surface area (Å²) < 4.78 is 7.93. The Kier molecular flexibility index (Phi) is 6.11. The first-order chi connectivity index (χ1) is 14.8. The van der Waals surface area contributed by atoms with Gasteiger partial charge in [-0.25, -0.2) is 4.98 Å². The van der Waals surface area contributed by atoms with Crippen LogP contribution in [0, 0.1) is 5.41 Å². The predicted molar refractivity (Wildman–Crippen MR) is 122 cm³/mol. The van der Waals surface area contributed by atoms with Gasteiger partial charge >= 0.3 is 0 Å². The molecule has 0 radical (unpaired) electrons. The molecule has 1 spiro atoms. The standard InChI is InChI=1S/C25H36N4O2/c1-18(2)29-15-23(26-17-29)22-14-28(16-25(22)11-6-12-27(5)24(25)30)13-20-7-9-21(10-8-20)31-19(3)4/h7-10,15,17-19,22H,6,11-14,16H2,1-5H3. The molecule has 6 heteroatoms. The third-order valence-electron chi connectivity index (χ3n) is 6.78. The summed E-state index contributed by atoms with van der Waals surface area (Å²) in [5.74, 6) is 1.31. The van der Waals surface area contributed by atoms with Crippen LogP contribution in [0.25, 0.3) is 0 Å². The highest BCUT2D eigenvalue weighted by Crippen LogP contribution is 2.49. The number of piperidine rings is 1. The molecule has 31 heavy (non-hydrogen) atoms. The van der Waals surface area contributed by atoms with Crippen molar-refractivity contribution < 1.29 is 9.53 Å². The number of rotatable bonds is 6. The second-order valence-electron chi connectivity index (χ2n) is 9.86. The number of hydrogen-bond acceptors (Lipinski definition) is 4. The van der Waals surface area contributed by atoms with Crippen molar-refractivity contribution in [3.8, 4) is 5.75 Å². The molecule has 3 heterocycles. The fourth-order valence-corrected chi connectivity index (χ4v) is 5.21. The Morgan fingerprint density at radius 1 is 1.19 bits per heavy atom. The van der Waals surface area contributed by atoms with Crippen LogP contribution in [0.1, 0.15) is 63.8 Å². The lowest BCUT2D eigenvalue weighted by atomic mass is 9.70. The highest BCUT2D eigenvalue weighted by Gasteiger charge is 2.55. The first-order valence-electron chi connectivity index (χ1n) is 11.6. The second-order valence-corrected chi connectivity index (χ2v) is 9.86. The van der Waals surface area contributed by atoms with Gasteiger partial charge in [-0.05, 0) is 58.2 Å². The van der Waals surface area contributed by atoms with Gasteiger partial charge in [-0.1, -0.05) is 12.1 Å². The van der Waals surface area contributed by atoms with Crippen LogP contribution in [-0.2, 0) is 11.3 Å². The maximum atomic E-state index is 13.5. The monoisotopic (exact) mass is 424 g/mol. The van der Waals surface area contributed by atoms with Crippen LogP contribution in [0.15, 0.2) is 36.8 Å². The number of aromatic nitrogens is 2. The average molecular weight is 425 g/mol. The largest absolute Gasteiger partial charge is 0.491 e. The van der Waals surface area contributed by atoms with Crippen LogP contribution in [0.4, 0.5) is 0 Å². The number of amides is 1. The van der Waals surface area contributed by atoms with E-state index in [4.69, 9.17) is 9.72 Å². The van der Waals surface area contributed by atoms with E-state index < -0.39 is 0 Å². The lowest BCUT2D eigenvalue weighted by Gasteiger charge is -2.40. The van der Waals surface area contributed by atoms with E-state index in [0.29, 0.717) is 6.04 Å². The highest BCUT2D eigenvalue weighted by atomic mass is 16.5. The molecule has 2 aromatic rings. The molecule has 1 amide bonds. The van der Waals surface area contributed by atoms with Crippen molar-refractivity contribution >= 4 is 5.91 Å². The maximum absolute atomic E-state index is 13.5. The smallest absolute Gasteiger partial charge is 0.230 e. The highest BCUT2D eigenvalue weighted by molar-refractivity contribution is 5.85. The van der Waals surface area contributed by atoms with Crippen LogP contribution >= 0.6 is 0 Å². The van der Waals surface area contributed by atoms with E-state index in [1.165, 1.54) is 5.56 Å². The zero-order valence-corrected chi connectivity index (χ0v) is 19.5. The lowest BCUT2D eigenvalue weighted by molar-refractivity contribution is -0.145. The summed E-state index contributed by atoms with van der Waals surface area (Å²) in [5.41, 5.74) is 1.93. The van der Waals surface area contributed by atoms with Crippen molar-refractivity contribution in [2.75, 3.05) is 26.7 Å². The summed E-state index contributed by atoms with van der Waals surface area (Å²) in [7, 11) is 1.95. The molecule has 1 aromatic carbocycles. The van der Waals surface area contributed by atoms with Gasteiger partial charge in [0.2, 0.25) is 5.91 Å². The number of ether oxygens (including phenoxy) is 1. The zero-order valence-electron chi connectivity index (χ0n) is 19.5. The van der Waals surface area contributed by atoms with Gasteiger partial charge in [-0.3, -0.25) is 9.69 Å². The third kappa shape index (κ3) is 4.36. The van der Waals surface area contributed by atoms with Gasteiger partial charge in [0, 0.05) is 51.4 Å². The lowest BCUT2D eigenvalue weighted by Crippen LogP contribution is -2.50. The molecule has 168 valence electrons. The zero-order chi connectivity index (χ0) is 22.2. The van der Waals surface area contributed by atoms with E-state index in [2.05, 4.69) is 41.6 Å². The Morgan fingerprint density at radius 3 is 2.58 bits per heavy atom. The minimum absolute atomic E-state index is 0.131. The molecule has 2 aliphatic heterocycles. The molecular weight excluding hydrogens is 388 g/mol. The molecular formula is C25H36N4O2. The molecule has 0 N–H and O–H groups in total. The molecule has 4 rings (SSSR count). The van der Waals surface area contributed by atoms with Crippen LogP contribution < -0.4 is 4.74 Å². The Bertz CT molecular complexity index is 905. The van der Waals surface area contributed by atoms with Gasteiger partial charge in [-0.2, -0.15) is 0 Å². The number of imidazole rings is 1. The molecule has 2 aliphatic rings. The number of hydrogen-bond donors (Lipinski definition) is 0. The van der Waals surface area contributed by atoms with Gasteiger partial charge in [-0.15, -0.1) is 0 Å². The summed E-state index contributed by atoms with van der Waals surface area (Å²) in [6.45, 7) is 11.7. The van der Waals surface area contributed by atoms with E-state index >= 15 is 0 Å². The maximum Gasteiger partial charge on any atom is 0.230 e. The number of carbonyl (C=O) groups excluding carboxylic acids is 1. The normalized spacial score (nSPS) is 24.7. The van der Waals surface area contributed by atoms with Crippen LogP contribution in [0.5, 0.6) is 5.75 Å². The summed E-state index contributed by atoms with van der Waals surface area (Å²) in [4.78, 5) is 22.6. The Morgan fingerprint density at radius 2 is 1.94 bits per heavy atom. The first kappa shape index (κ1) is 21.9. The quantitative estimate of drug-likeness (QED) is 0.701. The summed E-state index contributed by atoms with van der Waals surface area (Å²) in [5, 5.41) is 0. The molecule has 2 fully saturated rings. The van der Waals surface area contributed by atoms with Crippen molar-refractivity contribution in [3.05, 3.63) is 48.0 Å². The molecule has 0 aliphatic carbocycles. The summed E-state index contributed by atoms with van der Waals surface area (Å²) in [6, 6.07) is 8.73. The van der Waals surface area contributed by atoms with Crippen molar-refractivity contribution in [2.24, 2.45) is 5.41 Å². The van der Waals surface area contributed by atoms with Gasteiger partial charge in [0.15, 0.2) is 0 Å². The first-order valence-corrected chi connectivity index (χ1v) is 11.6. The average Bonchev–Trinajstić information content (AvgIpc) is 3.33. The van der Waals surface area contributed by atoms with E-state index in [-0.39, 0.29) is 23.3 Å². The Hall–Kier alpha value is -2.34. The minimum Gasteiger partial charge on any atom is -0.491 e. The van der Waals surface area contributed by atoms with Crippen molar-refractivity contribution in [1.82, 2.24) is 19.4 Å². The van der Waals surface area contributed by atoms with Crippen LogP contribution in [0.2, 0.25) is 0 Å². The van der Waals surface area contributed by atoms with E-state index in [1.54, 1.807) is 0 Å². The van der Waals surface area contributed by atoms with Crippen molar-refractivity contribution in [2.45, 2.75) is 65.1 Å². The van der Waals surface area contributed by atoms with Gasteiger partial charge in [0.25, 0.3) is 0 Å². The topological polar surface area (TPSA) is 50.6 Å². The van der Waals surface area contributed by atoms with Gasteiger partial charge in [0.1, 0.15) is 5.75 Å². The van der Waals surface area contributed by atoms with E-state index in [0.717, 1.165) is 50.5 Å². The molecule has 1 aromatic heterocycles. The SMILES string of the molecule is CC(C)Oc1ccc(CN2CC(c3cn(C(C)C)cn3)C3(CCCN(C)C3=O)C2)cc1. The number of likely N-dealkylation sites (tertiary alicyclic amines) is 2. The summed E-state index contributed by atoms with van der Waals surface area (Å²) in [6.07, 6.45) is 6.23. The molecule has 2 unspecified atom stereocenters. The predicted octanol–water partition coefficient (Wildman–Crippen LogP) is 4.09. The fraction of sp³-hybridized carbons (Fsp3) is 0.600. The Balaban J connectivity index is 1.57. The van der Waals surface area contributed by atoms with E-state index in [1.807, 2.05) is 44.3 Å². The minimum atomic E-state index is -0.371. The van der Waals surface area contributed by atoms with E-state index in [9.17, 15) is 4.79 Å². The van der Waals surface area contributed by atoms with Crippen LogP contribution in [-0.4, -0.2) is 58.0 Å². The molecule has 2 saturated heterocycles. The number of benzene rings is 1. The number of carbonyl (C=O) groups is 1. The third-order valence-corrected chi connectivity index (χ3v) is 6.78. The molecule has 6 nitrogen and oxygen atoms in total. The number of nitrogens with zero attached hydrogens (tertiary/aromatic N) is 4. The molecule has 0 saturated carbocycles. The fourth-order valence-electron chi connectivity index (χ4n) is 5.21. The molecule has 0 bridgehead atoms. The second kappa shape index (κ2) is 8.65. The Labute approximate surface area is 186 Å². The van der Waals surface area contributed by atoms with Crippen molar-refractivity contribution in [1.29, 1.82) is 0 Å². The molecule has 2 atom stereocenters.